The third-order valence-electron chi connectivity index (χ3n) is 2.33. The molecule has 20 heavy (non-hydrogen) atoms. The topological polar surface area (TPSA) is 102 Å². The van der Waals surface area contributed by atoms with Crippen LogP contribution in [0.1, 0.15) is 10.4 Å². The number of carboxylic acid groups (broad SMARTS) is 1. The molecule has 0 fully saturated rings. The molecule has 0 saturated heterocycles. The summed E-state index contributed by atoms with van der Waals surface area (Å²) < 4.78 is 0. The van der Waals surface area contributed by atoms with Gasteiger partial charge in [-0.3, -0.25) is 0 Å². The first-order valence-electron chi connectivity index (χ1n) is 5.20. The third-order valence-corrected chi connectivity index (χ3v) is 3.40. The van der Waals surface area contributed by atoms with Crippen molar-refractivity contribution in [2.24, 2.45) is 0 Å². The fourth-order valence-corrected chi connectivity index (χ4v) is 2.56. The summed E-state index contributed by atoms with van der Waals surface area (Å²) in [5.74, 6) is -1.05. The quantitative estimate of drug-likeness (QED) is 0.506. The van der Waals surface area contributed by atoms with E-state index in [9.17, 15) is 4.79 Å². The number of hydrogen-bond acceptors (Lipinski definition) is 6. The number of carbonyl (C=O) groups is 1. The predicted octanol–water partition coefficient (Wildman–Crippen LogP) is 2.85. The monoisotopic (exact) mass is 330 g/mol. The molecular weight excluding hydrogens is 323 g/mol. The van der Waals surface area contributed by atoms with Crippen molar-refractivity contribution in [2.75, 3.05) is 12.0 Å². The van der Waals surface area contributed by atoms with E-state index in [0.29, 0.717) is 5.56 Å². The third kappa shape index (κ3) is 2.95. The highest BCUT2D eigenvalue weighted by atomic mass is 35.5. The van der Waals surface area contributed by atoms with Crippen LogP contribution in [-0.4, -0.2) is 32.3 Å². The van der Waals surface area contributed by atoms with Crippen molar-refractivity contribution in [3.8, 4) is 11.4 Å². The Bertz CT molecular complexity index is 676. The number of nitrogens with zero attached hydrogens (tertiary/aromatic N) is 3. The Kier molecular flexibility index (Phi) is 4.32. The van der Waals surface area contributed by atoms with Crippen molar-refractivity contribution in [2.45, 2.75) is 5.03 Å². The van der Waals surface area contributed by atoms with E-state index in [4.69, 9.17) is 34.0 Å². The lowest BCUT2D eigenvalue weighted by Gasteiger charge is -2.08. The molecule has 0 saturated carbocycles. The van der Waals surface area contributed by atoms with Crippen LogP contribution < -0.4 is 5.73 Å². The number of aromatic nitrogens is 3. The van der Waals surface area contributed by atoms with Gasteiger partial charge in [0, 0.05) is 5.56 Å². The Morgan fingerprint density at radius 1 is 1.25 bits per heavy atom. The standard InChI is InChI=1S/C11H8Cl2N4O2S/c1-20-10-7(11(18)19)8(14)16-9(17-10)4-2-5(12)15-6(13)3-4/h2-3H,1H3,(H,18,19)(H2,14,16,17). The minimum Gasteiger partial charge on any atom is -0.477 e. The molecule has 2 rings (SSSR count). The van der Waals surface area contributed by atoms with Crippen molar-refractivity contribution >= 4 is 46.8 Å². The van der Waals surface area contributed by atoms with Gasteiger partial charge in [-0.25, -0.2) is 19.7 Å². The van der Waals surface area contributed by atoms with Gasteiger partial charge in [-0.2, -0.15) is 0 Å². The number of anilines is 1. The number of rotatable bonds is 3. The van der Waals surface area contributed by atoms with Crippen molar-refractivity contribution in [3.63, 3.8) is 0 Å². The summed E-state index contributed by atoms with van der Waals surface area (Å²) in [5.41, 5.74) is 6.08. The molecular formula is C11H8Cl2N4O2S. The zero-order valence-corrected chi connectivity index (χ0v) is 12.4. The molecule has 0 bridgehead atoms. The van der Waals surface area contributed by atoms with Crippen molar-refractivity contribution < 1.29 is 9.90 Å². The lowest BCUT2D eigenvalue weighted by molar-refractivity contribution is 0.0693. The molecule has 0 radical (unpaired) electrons. The molecule has 104 valence electrons. The van der Waals surface area contributed by atoms with Crippen molar-refractivity contribution in [1.29, 1.82) is 0 Å². The number of halogens is 2. The largest absolute Gasteiger partial charge is 0.477 e. The van der Waals surface area contributed by atoms with Crippen LogP contribution in [0.25, 0.3) is 11.4 Å². The number of pyridine rings is 1. The summed E-state index contributed by atoms with van der Waals surface area (Å²) in [4.78, 5) is 23.1. The van der Waals surface area contributed by atoms with Gasteiger partial charge in [0.1, 0.15) is 26.7 Å². The fraction of sp³-hybridized carbons (Fsp3) is 0.0909. The summed E-state index contributed by atoms with van der Waals surface area (Å²) in [6, 6.07) is 3.04. The van der Waals surface area contributed by atoms with Gasteiger partial charge in [-0.05, 0) is 18.4 Å². The summed E-state index contributed by atoms with van der Waals surface area (Å²) >= 11 is 12.8. The first-order chi connectivity index (χ1) is 9.42. The van der Waals surface area contributed by atoms with Crippen LogP contribution in [0.5, 0.6) is 0 Å². The van der Waals surface area contributed by atoms with E-state index in [2.05, 4.69) is 15.0 Å². The van der Waals surface area contributed by atoms with Crippen LogP contribution in [0, 0.1) is 0 Å². The molecule has 0 aliphatic rings. The zero-order valence-electron chi connectivity index (χ0n) is 10.1. The molecule has 0 amide bonds. The van der Waals surface area contributed by atoms with E-state index < -0.39 is 5.97 Å². The Hall–Kier alpha value is -1.57. The lowest BCUT2D eigenvalue weighted by Crippen LogP contribution is -2.09. The second-order valence-corrected chi connectivity index (χ2v) is 5.19. The molecule has 0 unspecified atom stereocenters. The Balaban J connectivity index is 2.64. The van der Waals surface area contributed by atoms with Crippen molar-refractivity contribution in [3.05, 3.63) is 28.0 Å². The van der Waals surface area contributed by atoms with Crippen LogP contribution in [-0.2, 0) is 0 Å². The SMILES string of the molecule is CSc1nc(-c2cc(Cl)nc(Cl)c2)nc(N)c1C(=O)O. The first kappa shape index (κ1) is 14.8. The van der Waals surface area contributed by atoms with E-state index in [1.165, 1.54) is 12.1 Å². The zero-order chi connectivity index (χ0) is 14.9. The second kappa shape index (κ2) is 5.82. The van der Waals surface area contributed by atoms with Gasteiger partial charge in [0.15, 0.2) is 5.82 Å². The van der Waals surface area contributed by atoms with Gasteiger partial charge < -0.3 is 10.8 Å². The van der Waals surface area contributed by atoms with Crippen LogP contribution in [0.15, 0.2) is 17.2 Å². The summed E-state index contributed by atoms with van der Waals surface area (Å²) in [6.07, 6.45) is 1.70. The maximum atomic E-state index is 11.1. The maximum absolute atomic E-state index is 11.1. The summed E-state index contributed by atoms with van der Waals surface area (Å²) in [7, 11) is 0. The van der Waals surface area contributed by atoms with Gasteiger partial charge in [-0.15, -0.1) is 11.8 Å². The highest BCUT2D eigenvalue weighted by Crippen LogP contribution is 2.28. The number of carboxylic acids is 1. The molecule has 9 heteroatoms. The molecule has 0 aliphatic heterocycles. The number of thioether (sulfide) groups is 1. The molecule has 2 heterocycles. The first-order valence-corrected chi connectivity index (χ1v) is 7.18. The highest BCUT2D eigenvalue weighted by molar-refractivity contribution is 7.98. The summed E-state index contributed by atoms with van der Waals surface area (Å²) in [6.45, 7) is 0. The maximum Gasteiger partial charge on any atom is 0.342 e. The molecule has 0 aliphatic carbocycles. The molecule has 0 atom stereocenters. The number of nitrogens with two attached hydrogens (primary N) is 1. The van der Waals surface area contributed by atoms with E-state index in [1.54, 1.807) is 6.26 Å². The smallest absolute Gasteiger partial charge is 0.342 e. The number of hydrogen-bond donors (Lipinski definition) is 2. The fourth-order valence-electron chi connectivity index (χ4n) is 1.53. The van der Waals surface area contributed by atoms with Crippen LogP contribution >= 0.6 is 35.0 Å². The van der Waals surface area contributed by atoms with E-state index in [1.807, 2.05) is 0 Å². The minimum atomic E-state index is -1.18. The molecule has 6 nitrogen and oxygen atoms in total. The van der Waals surface area contributed by atoms with Gasteiger partial charge >= 0.3 is 5.97 Å². The average molecular weight is 331 g/mol. The molecule has 0 aromatic carbocycles. The molecule has 0 spiro atoms. The Morgan fingerprint density at radius 3 is 2.35 bits per heavy atom. The predicted molar refractivity (Wildman–Crippen MR) is 78.4 cm³/mol. The molecule has 2 aromatic rings. The normalized spacial score (nSPS) is 10.6. The van der Waals surface area contributed by atoms with Gasteiger partial charge in [0.25, 0.3) is 0 Å². The molecule has 2 aromatic heterocycles. The van der Waals surface area contributed by atoms with Gasteiger partial charge in [0.05, 0.1) is 0 Å². The van der Waals surface area contributed by atoms with Crippen LogP contribution in [0.2, 0.25) is 10.3 Å². The van der Waals surface area contributed by atoms with Gasteiger partial charge in [0.2, 0.25) is 0 Å². The van der Waals surface area contributed by atoms with E-state index >= 15 is 0 Å². The van der Waals surface area contributed by atoms with Gasteiger partial charge in [-0.1, -0.05) is 23.2 Å². The second-order valence-electron chi connectivity index (χ2n) is 3.62. The highest BCUT2D eigenvalue weighted by Gasteiger charge is 2.19. The van der Waals surface area contributed by atoms with E-state index in [0.717, 1.165) is 11.8 Å². The lowest BCUT2D eigenvalue weighted by atomic mass is 10.2. The van der Waals surface area contributed by atoms with Crippen LogP contribution in [0.4, 0.5) is 5.82 Å². The van der Waals surface area contributed by atoms with Crippen molar-refractivity contribution in [1.82, 2.24) is 15.0 Å². The molecule has 3 N–H and O–H groups in total. The van der Waals surface area contributed by atoms with E-state index in [-0.39, 0.29) is 32.5 Å². The minimum absolute atomic E-state index is 0.115. The Morgan fingerprint density at radius 2 is 1.85 bits per heavy atom. The number of nitrogen functional groups attached to an aromatic ring is 1. The van der Waals surface area contributed by atoms with Crippen LogP contribution in [0.3, 0.4) is 0 Å². The average Bonchev–Trinajstić information content (AvgIpc) is 2.35. The Labute approximate surface area is 128 Å². The summed E-state index contributed by atoms with van der Waals surface area (Å²) in [5, 5.41) is 9.74. The number of aromatic carboxylic acids is 1.